The average molecular weight is 395 g/mol. The fourth-order valence-corrected chi connectivity index (χ4v) is 6.84. The first-order chi connectivity index (χ1) is 14.5. The molecule has 30 heavy (non-hydrogen) atoms. The van der Waals surface area contributed by atoms with Crippen molar-refractivity contribution in [1.29, 1.82) is 0 Å². The van der Waals surface area contributed by atoms with Crippen molar-refractivity contribution in [2.45, 2.75) is 51.6 Å². The second-order valence-corrected chi connectivity index (χ2v) is 9.92. The number of hydrogen-bond donors (Lipinski definition) is 0. The highest BCUT2D eigenvalue weighted by molar-refractivity contribution is 6.09. The van der Waals surface area contributed by atoms with Gasteiger partial charge in [0, 0.05) is 34.0 Å². The zero-order valence-corrected chi connectivity index (χ0v) is 18.4. The van der Waals surface area contributed by atoms with Crippen LogP contribution in [0.3, 0.4) is 0 Å². The lowest BCUT2D eigenvalue weighted by Gasteiger charge is -2.31. The molecular weight excluding hydrogens is 364 g/mol. The van der Waals surface area contributed by atoms with Gasteiger partial charge in [-0.3, -0.25) is 4.90 Å². The van der Waals surface area contributed by atoms with Crippen LogP contribution in [0.25, 0.3) is 27.5 Å². The van der Waals surface area contributed by atoms with Gasteiger partial charge in [0.15, 0.2) is 0 Å². The SMILES string of the molecule is Cc1cc2c(cc1C1C3CCN([C@@H]1C)C3(C)C)c1ccccc1n2-c1ccccc1. The highest BCUT2D eigenvalue weighted by atomic mass is 15.3. The molecule has 4 aromatic rings. The first-order valence-corrected chi connectivity index (χ1v) is 11.3. The minimum Gasteiger partial charge on any atom is -0.309 e. The number of aromatic nitrogens is 1. The molecular formula is C28H30N2. The minimum atomic E-state index is 0.309. The number of para-hydroxylation sites is 2. The summed E-state index contributed by atoms with van der Waals surface area (Å²) >= 11 is 0. The van der Waals surface area contributed by atoms with Gasteiger partial charge in [-0.25, -0.2) is 0 Å². The molecule has 152 valence electrons. The third kappa shape index (κ3) is 2.29. The number of benzene rings is 3. The van der Waals surface area contributed by atoms with E-state index in [2.05, 4.69) is 104 Å². The number of nitrogens with zero attached hydrogens (tertiary/aromatic N) is 2. The molecule has 2 nitrogen and oxygen atoms in total. The van der Waals surface area contributed by atoms with Gasteiger partial charge in [-0.2, -0.15) is 0 Å². The monoisotopic (exact) mass is 394 g/mol. The van der Waals surface area contributed by atoms with E-state index in [9.17, 15) is 0 Å². The van der Waals surface area contributed by atoms with Crippen LogP contribution in [0.4, 0.5) is 0 Å². The van der Waals surface area contributed by atoms with E-state index >= 15 is 0 Å². The molecule has 0 radical (unpaired) electrons. The summed E-state index contributed by atoms with van der Waals surface area (Å²) in [5, 5.41) is 2.74. The molecule has 2 aliphatic heterocycles. The fourth-order valence-electron chi connectivity index (χ4n) is 6.84. The number of aryl methyl sites for hydroxylation is 1. The second-order valence-electron chi connectivity index (χ2n) is 9.92. The van der Waals surface area contributed by atoms with E-state index in [0.717, 1.165) is 5.92 Å². The van der Waals surface area contributed by atoms with Crippen LogP contribution >= 0.6 is 0 Å². The van der Waals surface area contributed by atoms with Crippen LogP contribution in [0.1, 0.15) is 44.2 Å². The molecule has 4 atom stereocenters. The van der Waals surface area contributed by atoms with Crippen molar-refractivity contribution in [2.24, 2.45) is 5.92 Å². The van der Waals surface area contributed by atoms with Gasteiger partial charge in [-0.05, 0) is 88.0 Å². The Kier molecular flexibility index (Phi) is 3.77. The van der Waals surface area contributed by atoms with E-state index in [1.54, 1.807) is 5.56 Å². The third-order valence-corrected chi connectivity index (χ3v) is 8.21. The van der Waals surface area contributed by atoms with E-state index < -0.39 is 0 Å². The highest BCUT2D eigenvalue weighted by Gasteiger charge is 2.56. The lowest BCUT2D eigenvalue weighted by atomic mass is 9.75. The topological polar surface area (TPSA) is 8.17 Å². The molecule has 6 rings (SSSR count). The Morgan fingerprint density at radius 3 is 2.33 bits per heavy atom. The van der Waals surface area contributed by atoms with E-state index in [-0.39, 0.29) is 0 Å². The summed E-state index contributed by atoms with van der Waals surface area (Å²) in [4.78, 5) is 2.75. The van der Waals surface area contributed by atoms with E-state index in [1.165, 1.54) is 46.0 Å². The van der Waals surface area contributed by atoms with Crippen molar-refractivity contribution in [3.8, 4) is 5.69 Å². The third-order valence-electron chi connectivity index (χ3n) is 8.21. The molecule has 0 spiro atoms. The first-order valence-electron chi connectivity index (χ1n) is 11.3. The summed E-state index contributed by atoms with van der Waals surface area (Å²) in [5.41, 5.74) is 7.15. The van der Waals surface area contributed by atoms with Crippen LogP contribution in [-0.4, -0.2) is 27.6 Å². The van der Waals surface area contributed by atoms with E-state index in [1.807, 2.05) is 0 Å². The molecule has 2 fully saturated rings. The Hall–Kier alpha value is -2.58. The molecule has 1 aromatic heterocycles. The van der Waals surface area contributed by atoms with E-state index in [0.29, 0.717) is 17.5 Å². The minimum absolute atomic E-state index is 0.309. The maximum atomic E-state index is 2.75. The quantitative estimate of drug-likeness (QED) is 0.368. The van der Waals surface area contributed by atoms with Crippen molar-refractivity contribution in [2.75, 3.05) is 6.54 Å². The summed E-state index contributed by atoms with van der Waals surface area (Å²) in [6, 6.07) is 25.2. The summed E-state index contributed by atoms with van der Waals surface area (Å²) < 4.78 is 2.43. The van der Waals surface area contributed by atoms with Gasteiger partial charge in [0.2, 0.25) is 0 Å². The Morgan fingerprint density at radius 2 is 1.60 bits per heavy atom. The lowest BCUT2D eigenvalue weighted by Crippen LogP contribution is -2.39. The second kappa shape index (κ2) is 6.21. The molecule has 2 heteroatoms. The molecule has 0 N–H and O–H groups in total. The van der Waals surface area contributed by atoms with Crippen molar-refractivity contribution >= 4 is 21.8 Å². The first kappa shape index (κ1) is 18.2. The predicted molar refractivity (Wildman–Crippen MR) is 127 cm³/mol. The lowest BCUT2D eigenvalue weighted by molar-refractivity contribution is 0.169. The molecule has 2 bridgehead atoms. The summed E-state index contributed by atoms with van der Waals surface area (Å²) in [6.07, 6.45) is 1.32. The number of fused-ring (bicyclic) bond motifs is 5. The van der Waals surface area contributed by atoms with Gasteiger partial charge in [0.1, 0.15) is 0 Å². The number of piperidine rings is 1. The van der Waals surface area contributed by atoms with Crippen molar-refractivity contribution < 1.29 is 0 Å². The van der Waals surface area contributed by atoms with Gasteiger partial charge >= 0.3 is 0 Å². The molecule has 2 saturated heterocycles. The van der Waals surface area contributed by atoms with Gasteiger partial charge in [-0.1, -0.05) is 36.4 Å². The van der Waals surface area contributed by atoms with Gasteiger partial charge in [0.05, 0.1) is 11.0 Å². The number of rotatable bonds is 2. The zero-order chi connectivity index (χ0) is 20.6. The Bertz CT molecular complexity index is 1260. The molecule has 3 heterocycles. The van der Waals surface area contributed by atoms with Crippen LogP contribution < -0.4 is 0 Å². The molecule has 2 aliphatic rings. The van der Waals surface area contributed by atoms with Crippen LogP contribution in [0.2, 0.25) is 0 Å². The Labute approximate surface area is 179 Å². The molecule has 0 aliphatic carbocycles. The largest absolute Gasteiger partial charge is 0.309 e. The molecule has 3 unspecified atom stereocenters. The van der Waals surface area contributed by atoms with Crippen molar-refractivity contribution in [1.82, 2.24) is 9.47 Å². The smallest absolute Gasteiger partial charge is 0.0543 e. The number of hydrogen-bond acceptors (Lipinski definition) is 1. The summed E-state index contributed by atoms with van der Waals surface area (Å²) in [5.74, 6) is 1.36. The Morgan fingerprint density at radius 1 is 0.867 bits per heavy atom. The zero-order valence-electron chi connectivity index (χ0n) is 18.4. The maximum Gasteiger partial charge on any atom is 0.0543 e. The Balaban J connectivity index is 1.62. The highest BCUT2D eigenvalue weighted by Crippen LogP contribution is 2.55. The van der Waals surface area contributed by atoms with Crippen molar-refractivity contribution in [3.63, 3.8) is 0 Å². The van der Waals surface area contributed by atoms with Crippen LogP contribution in [0, 0.1) is 12.8 Å². The van der Waals surface area contributed by atoms with Gasteiger partial charge < -0.3 is 4.57 Å². The van der Waals surface area contributed by atoms with Gasteiger partial charge in [0.25, 0.3) is 0 Å². The fraction of sp³-hybridized carbons (Fsp3) is 0.357. The van der Waals surface area contributed by atoms with Crippen molar-refractivity contribution in [3.05, 3.63) is 77.9 Å². The summed E-state index contributed by atoms with van der Waals surface area (Å²) in [6.45, 7) is 10.9. The average Bonchev–Trinajstić information content (AvgIpc) is 3.29. The molecule has 0 saturated carbocycles. The van der Waals surface area contributed by atoms with E-state index in [4.69, 9.17) is 0 Å². The van der Waals surface area contributed by atoms with Gasteiger partial charge in [-0.15, -0.1) is 0 Å². The maximum absolute atomic E-state index is 2.75. The van der Waals surface area contributed by atoms with Crippen LogP contribution in [0.5, 0.6) is 0 Å². The molecule has 0 amide bonds. The molecule has 3 aromatic carbocycles. The van der Waals surface area contributed by atoms with Crippen LogP contribution in [-0.2, 0) is 0 Å². The summed E-state index contributed by atoms with van der Waals surface area (Å²) in [7, 11) is 0. The predicted octanol–water partition coefficient (Wildman–Crippen LogP) is 6.68. The standard InChI is InChI=1S/C28H30N2/c1-18-16-26-23(17-22(18)27-19(2)29-15-14-24(27)28(29,3)4)21-12-8-9-13-25(21)30(26)20-10-6-5-7-11-20/h5-13,16-17,19,24,27H,14-15H2,1-4H3/t19-,24?,27?/m1/s1. The van der Waals surface area contributed by atoms with Crippen LogP contribution in [0.15, 0.2) is 66.7 Å². The normalized spacial score (nSPS) is 27.3.